The number of amides is 1. The van der Waals surface area contributed by atoms with Crippen LogP contribution in [-0.4, -0.2) is 33.4 Å². The van der Waals surface area contributed by atoms with E-state index in [0.29, 0.717) is 40.9 Å². The Bertz CT molecular complexity index is 1040. The Labute approximate surface area is 164 Å². The first-order valence-electron chi connectivity index (χ1n) is 9.22. The number of aromatic nitrogens is 3. The van der Waals surface area contributed by atoms with E-state index in [0.717, 1.165) is 25.0 Å². The second-order valence-electron chi connectivity index (χ2n) is 6.89. The summed E-state index contributed by atoms with van der Waals surface area (Å²) < 4.78 is 38.5. The van der Waals surface area contributed by atoms with E-state index in [1.165, 1.54) is 24.5 Å². The molecule has 0 spiro atoms. The Balaban J connectivity index is 1.62. The average Bonchev–Trinajstić information content (AvgIpc) is 2.71. The fraction of sp³-hybridized carbons (Fsp3) is 0.300. The lowest BCUT2D eigenvalue weighted by atomic mass is 10.0. The second kappa shape index (κ2) is 7.65. The van der Waals surface area contributed by atoms with Crippen molar-refractivity contribution in [1.82, 2.24) is 20.3 Å². The Hall–Kier alpha value is -3.23. The Kier molecular flexibility index (Phi) is 5.04. The van der Waals surface area contributed by atoms with Gasteiger partial charge in [-0.05, 0) is 30.5 Å². The molecule has 9 heteroatoms. The van der Waals surface area contributed by atoms with Crippen molar-refractivity contribution in [2.45, 2.75) is 31.5 Å². The third-order valence-electron chi connectivity index (χ3n) is 4.86. The Morgan fingerprint density at radius 3 is 2.48 bits per heavy atom. The number of hydrogen-bond acceptors (Lipinski definition) is 5. The summed E-state index contributed by atoms with van der Waals surface area (Å²) in [6.07, 6.45) is 2.52. The van der Waals surface area contributed by atoms with E-state index in [9.17, 15) is 18.0 Å². The highest BCUT2D eigenvalue weighted by Crippen LogP contribution is 2.33. The van der Waals surface area contributed by atoms with E-state index in [4.69, 9.17) is 0 Å². The molecule has 4 rings (SSSR count). The maximum Gasteiger partial charge on any atom is 0.416 e. The number of hydrogen-bond donors (Lipinski definition) is 2. The van der Waals surface area contributed by atoms with Gasteiger partial charge in [0.1, 0.15) is 11.0 Å². The van der Waals surface area contributed by atoms with Crippen molar-refractivity contribution in [1.29, 1.82) is 0 Å². The summed E-state index contributed by atoms with van der Waals surface area (Å²) >= 11 is 0. The molecule has 1 amide bonds. The van der Waals surface area contributed by atoms with E-state index in [2.05, 4.69) is 25.6 Å². The van der Waals surface area contributed by atoms with Crippen LogP contribution in [0.1, 0.15) is 24.8 Å². The van der Waals surface area contributed by atoms with Gasteiger partial charge in [-0.2, -0.15) is 13.2 Å². The highest BCUT2D eigenvalue weighted by molar-refractivity contribution is 5.96. The number of piperidine rings is 1. The summed E-state index contributed by atoms with van der Waals surface area (Å²) in [6.45, 7) is 0.504. The fourth-order valence-electron chi connectivity index (χ4n) is 3.39. The minimum Gasteiger partial charge on any atom is -0.366 e. The van der Waals surface area contributed by atoms with Gasteiger partial charge in [-0.1, -0.05) is 12.1 Å². The molecule has 29 heavy (non-hydrogen) atoms. The number of anilines is 1. The van der Waals surface area contributed by atoms with Crippen molar-refractivity contribution in [3.8, 4) is 11.1 Å². The van der Waals surface area contributed by atoms with Crippen molar-refractivity contribution in [2.24, 2.45) is 0 Å². The van der Waals surface area contributed by atoms with Crippen LogP contribution < -0.4 is 10.6 Å². The molecule has 0 saturated carbocycles. The number of alkyl halides is 3. The lowest BCUT2D eigenvalue weighted by molar-refractivity contribution is -0.137. The minimum atomic E-state index is -4.39. The summed E-state index contributed by atoms with van der Waals surface area (Å²) in [5.74, 6) is 0.557. The molecule has 1 saturated heterocycles. The van der Waals surface area contributed by atoms with Crippen molar-refractivity contribution < 1.29 is 18.0 Å². The predicted molar refractivity (Wildman–Crippen MR) is 102 cm³/mol. The minimum absolute atomic E-state index is 0.0133. The van der Waals surface area contributed by atoms with E-state index in [1.807, 2.05) is 0 Å². The van der Waals surface area contributed by atoms with Crippen LogP contribution in [0.2, 0.25) is 0 Å². The highest BCUT2D eigenvalue weighted by Gasteiger charge is 2.30. The molecule has 1 aromatic carbocycles. The van der Waals surface area contributed by atoms with Crippen LogP contribution in [-0.2, 0) is 11.0 Å². The molecular weight excluding hydrogens is 383 g/mol. The number of halogens is 3. The summed E-state index contributed by atoms with van der Waals surface area (Å²) in [5, 5.41) is 6.14. The fourth-order valence-corrected chi connectivity index (χ4v) is 3.39. The van der Waals surface area contributed by atoms with Gasteiger partial charge in [-0.15, -0.1) is 0 Å². The molecule has 3 heterocycles. The van der Waals surface area contributed by atoms with Gasteiger partial charge in [0.2, 0.25) is 5.91 Å². The van der Waals surface area contributed by atoms with Gasteiger partial charge in [-0.3, -0.25) is 9.78 Å². The lowest BCUT2D eigenvalue weighted by Crippen LogP contribution is -2.42. The molecule has 0 aliphatic carbocycles. The van der Waals surface area contributed by atoms with Crippen molar-refractivity contribution >= 4 is 22.8 Å². The maximum atomic E-state index is 12.8. The predicted octanol–water partition coefficient (Wildman–Crippen LogP) is 3.79. The summed E-state index contributed by atoms with van der Waals surface area (Å²) in [5.41, 5.74) is 1.52. The van der Waals surface area contributed by atoms with Crippen molar-refractivity contribution in [3.63, 3.8) is 0 Å². The summed E-state index contributed by atoms with van der Waals surface area (Å²) in [6, 6.07) is 4.89. The highest BCUT2D eigenvalue weighted by atomic mass is 19.4. The molecule has 2 N–H and O–H groups in total. The molecule has 0 radical (unpaired) electrons. The molecule has 3 aromatic rings. The van der Waals surface area contributed by atoms with E-state index in [1.54, 1.807) is 6.20 Å². The Morgan fingerprint density at radius 1 is 1.07 bits per heavy atom. The van der Waals surface area contributed by atoms with Crippen LogP contribution in [0.4, 0.5) is 19.0 Å². The maximum absolute atomic E-state index is 12.8. The summed E-state index contributed by atoms with van der Waals surface area (Å²) in [4.78, 5) is 24.7. The van der Waals surface area contributed by atoms with Gasteiger partial charge in [-0.25, -0.2) is 9.97 Å². The molecule has 1 fully saturated rings. The SMILES string of the molecule is O=C1CCCC(CNc2ncc(-c3ccc(C(F)(F)F)cc3)c3nccnc23)N1. The number of carbonyl (C=O) groups is 1. The average molecular weight is 401 g/mol. The smallest absolute Gasteiger partial charge is 0.366 e. The number of nitrogens with zero attached hydrogens (tertiary/aromatic N) is 3. The van der Waals surface area contributed by atoms with Crippen molar-refractivity contribution in [2.75, 3.05) is 11.9 Å². The van der Waals surface area contributed by atoms with Gasteiger partial charge in [0.15, 0.2) is 5.82 Å². The number of benzene rings is 1. The van der Waals surface area contributed by atoms with Gasteiger partial charge in [0.25, 0.3) is 0 Å². The van der Waals surface area contributed by atoms with Gasteiger partial charge in [0, 0.05) is 43.2 Å². The van der Waals surface area contributed by atoms with Crippen LogP contribution in [0.5, 0.6) is 0 Å². The van der Waals surface area contributed by atoms with Gasteiger partial charge >= 0.3 is 6.18 Å². The molecule has 0 bridgehead atoms. The number of pyridine rings is 1. The largest absolute Gasteiger partial charge is 0.416 e. The zero-order chi connectivity index (χ0) is 20.4. The van der Waals surface area contributed by atoms with Crippen LogP contribution in [0.25, 0.3) is 22.2 Å². The standard InChI is InChI=1S/C20H18F3N5O/c21-20(22,23)13-6-4-12(5-7-13)15-11-27-19(18-17(15)24-8-9-25-18)26-10-14-2-1-3-16(29)28-14/h4-9,11,14H,1-3,10H2,(H,26,27)(H,28,29). The first-order chi connectivity index (χ1) is 13.9. The third kappa shape index (κ3) is 4.13. The number of nitrogens with one attached hydrogen (secondary N) is 2. The molecule has 1 aliphatic heterocycles. The normalized spacial score (nSPS) is 17.2. The molecule has 1 aliphatic rings. The van der Waals surface area contributed by atoms with Gasteiger partial charge < -0.3 is 10.6 Å². The Morgan fingerprint density at radius 2 is 1.79 bits per heavy atom. The lowest BCUT2D eigenvalue weighted by Gasteiger charge is -2.23. The zero-order valence-electron chi connectivity index (χ0n) is 15.3. The van der Waals surface area contributed by atoms with Gasteiger partial charge in [0.05, 0.1) is 5.56 Å². The first kappa shape index (κ1) is 19.1. The molecule has 150 valence electrons. The topological polar surface area (TPSA) is 79.8 Å². The monoisotopic (exact) mass is 401 g/mol. The van der Waals surface area contributed by atoms with Crippen LogP contribution in [0.3, 0.4) is 0 Å². The molecule has 6 nitrogen and oxygen atoms in total. The molecule has 2 aromatic heterocycles. The van der Waals surface area contributed by atoms with Crippen LogP contribution >= 0.6 is 0 Å². The van der Waals surface area contributed by atoms with Crippen LogP contribution in [0, 0.1) is 0 Å². The number of rotatable bonds is 4. The number of carbonyl (C=O) groups excluding carboxylic acids is 1. The quantitative estimate of drug-likeness (QED) is 0.695. The second-order valence-corrected chi connectivity index (χ2v) is 6.89. The van der Waals surface area contributed by atoms with Crippen LogP contribution in [0.15, 0.2) is 42.9 Å². The molecular formula is C20H18F3N5O. The zero-order valence-corrected chi connectivity index (χ0v) is 15.3. The molecule has 1 unspecified atom stereocenters. The van der Waals surface area contributed by atoms with Crippen molar-refractivity contribution in [3.05, 3.63) is 48.4 Å². The third-order valence-corrected chi connectivity index (χ3v) is 4.86. The van der Waals surface area contributed by atoms with E-state index in [-0.39, 0.29) is 11.9 Å². The first-order valence-corrected chi connectivity index (χ1v) is 9.22. The van der Waals surface area contributed by atoms with E-state index >= 15 is 0 Å². The number of fused-ring (bicyclic) bond motifs is 1. The molecule has 1 atom stereocenters. The summed E-state index contributed by atoms with van der Waals surface area (Å²) in [7, 11) is 0. The van der Waals surface area contributed by atoms with E-state index < -0.39 is 11.7 Å².